The van der Waals surface area contributed by atoms with Crippen molar-refractivity contribution in [2.45, 2.75) is 50.4 Å². The van der Waals surface area contributed by atoms with Crippen LogP contribution in [0.15, 0.2) is 78.9 Å². The molecule has 2 bridgehead atoms. The molecule has 0 amide bonds. The van der Waals surface area contributed by atoms with Crippen LogP contribution in [0.5, 0.6) is 0 Å². The lowest BCUT2D eigenvalue weighted by atomic mass is 9.86. The predicted molar refractivity (Wildman–Crippen MR) is 130 cm³/mol. The number of hydrogen-bond donors (Lipinski definition) is 1. The molecule has 3 aromatic carbocycles. The van der Waals surface area contributed by atoms with Crippen LogP contribution < -0.4 is 0 Å². The molecule has 32 heavy (non-hydrogen) atoms. The minimum Gasteiger partial charge on any atom is -0.378 e. The molecular weight excluding hydrogens is 392 g/mol. The summed E-state index contributed by atoms with van der Waals surface area (Å²) in [5.41, 5.74) is 6.21. The molecule has 0 aliphatic carbocycles. The molecule has 2 aliphatic rings. The van der Waals surface area contributed by atoms with Crippen LogP contribution >= 0.6 is 0 Å². The first-order chi connectivity index (χ1) is 15.6. The Morgan fingerprint density at radius 3 is 2.22 bits per heavy atom. The predicted octanol–water partition coefficient (Wildman–Crippen LogP) is 5.58. The summed E-state index contributed by atoms with van der Waals surface area (Å²) in [4.78, 5) is 2.58. The van der Waals surface area contributed by atoms with Gasteiger partial charge in [0, 0.05) is 35.1 Å². The maximum Gasteiger partial charge on any atom is 0.132 e. The lowest BCUT2D eigenvalue weighted by Gasteiger charge is -2.35. The van der Waals surface area contributed by atoms with Crippen molar-refractivity contribution in [2.24, 2.45) is 0 Å². The Morgan fingerprint density at radius 1 is 0.906 bits per heavy atom. The fourth-order valence-corrected chi connectivity index (χ4v) is 6.15. The van der Waals surface area contributed by atoms with Gasteiger partial charge in [0.2, 0.25) is 0 Å². The van der Waals surface area contributed by atoms with Gasteiger partial charge < -0.3 is 9.67 Å². The van der Waals surface area contributed by atoms with Crippen LogP contribution in [0.1, 0.15) is 46.8 Å². The van der Waals surface area contributed by atoms with Gasteiger partial charge in [-0.15, -0.1) is 0 Å². The molecule has 1 saturated heterocycles. The Bertz CT molecular complexity index is 1240. The van der Waals surface area contributed by atoms with Gasteiger partial charge in [0.25, 0.3) is 0 Å². The molecule has 2 unspecified atom stereocenters. The molecule has 3 nitrogen and oxygen atoms in total. The van der Waals surface area contributed by atoms with Crippen molar-refractivity contribution in [3.8, 4) is 0 Å². The molecule has 0 radical (unpaired) electrons. The Balaban J connectivity index is 1.58. The van der Waals surface area contributed by atoms with Crippen LogP contribution in [0, 0.1) is 6.92 Å². The van der Waals surface area contributed by atoms with E-state index < -0.39 is 5.60 Å². The molecule has 1 aromatic heterocycles. The van der Waals surface area contributed by atoms with Crippen molar-refractivity contribution in [3.05, 3.63) is 107 Å². The van der Waals surface area contributed by atoms with Gasteiger partial charge in [0.15, 0.2) is 0 Å². The molecule has 2 aliphatic heterocycles. The van der Waals surface area contributed by atoms with Crippen molar-refractivity contribution in [3.63, 3.8) is 0 Å². The van der Waals surface area contributed by atoms with Crippen molar-refractivity contribution >= 4 is 10.9 Å². The third kappa shape index (κ3) is 2.88. The molecule has 3 heterocycles. The molecular formula is C29H30N2O. The average molecular weight is 423 g/mol. The van der Waals surface area contributed by atoms with Crippen LogP contribution in [0.3, 0.4) is 0 Å². The first-order valence-electron chi connectivity index (χ1n) is 11.7. The SMILES string of the molecule is Cc1ccc2c(c1)c1c(n2CC(O)(c2ccccc2)c2ccccc2)CC2CCC1N2C. The topological polar surface area (TPSA) is 28.4 Å². The van der Waals surface area contributed by atoms with Crippen LogP contribution in [0.25, 0.3) is 10.9 Å². The van der Waals surface area contributed by atoms with E-state index in [-0.39, 0.29) is 0 Å². The van der Waals surface area contributed by atoms with E-state index in [1.54, 1.807) is 0 Å². The fraction of sp³-hybridized carbons (Fsp3) is 0.310. The summed E-state index contributed by atoms with van der Waals surface area (Å²) in [6.07, 6.45) is 3.53. The summed E-state index contributed by atoms with van der Waals surface area (Å²) in [5.74, 6) is 0. The van der Waals surface area contributed by atoms with E-state index in [0.29, 0.717) is 18.6 Å². The van der Waals surface area contributed by atoms with E-state index >= 15 is 0 Å². The van der Waals surface area contributed by atoms with E-state index in [2.05, 4.69) is 41.6 Å². The van der Waals surface area contributed by atoms with Gasteiger partial charge >= 0.3 is 0 Å². The number of aryl methyl sites for hydroxylation is 1. The molecule has 6 rings (SSSR count). The number of fused-ring (bicyclic) bond motifs is 6. The van der Waals surface area contributed by atoms with Gasteiger partial charge in [-0.05, 0) is 55.6 Å². The van der Waals surface area contributed by atoms with Crippen molar-refractivity contribution in [1.29, 1.82) is 0 Å². The highest BCUT2D eigenvalue weighted by Gasteiger charge is 2.42. The summed E-state index contributed by atoms with van der Waals surface area (Å²) in [6.45, 7) is 2.69. The summed E-state index contributed by atoms with van der Waals surface area (Å²) in [7, 11) is 2.29. The van der Waals surface area contributed by atoms with E-state index in [9.17, 15) is 5.11 Å². The van der Waals surface area contributed by atoms with Crippen LogP contribution in [0.4, 0.5) is 0 Å². The number of rotatable bonds is 4. The second kappa shape index (κ2) is 7.33. The maximum atomic E-state index is 12.3. The Labute approximate surface area is 189 Å². The summed E-state index contributed by atoms with van der Waals surface area (Å²) in [5, 5.41) is 13.7. The second-order valence-corrected chi connectivity index (χ2v) is 9.68. The number of nitrogens with zero attached hydrogens (tertiary/aromatic N) is 2. The summed E-state index contributed by atoms with van der Waals surface area (Å²) >= 11 is 0. The Morgan fingerprint density at radius 2 is 1.56 bits per heavy atom. The van der Waals surface area contributed by atoms with Gasteiger partial charge in [0.1, 0.15) is 5.60 Å². The molecule has 4 aromatic rings. The lowest BCUT2D eigenvalue weighted by molar-refractivity contribution is 0.0610. The first-order valence-corrected chi connectivity index (χ1v) is 11.7. The highest BCUT2D eigenvalue weighted by Crippen LogP contribution is 2.48. The molecule has 3 heteroatoms. The van der Waals surface area contributed by atoms with Crippen LogP contribution in [-0.2, 0) is 18.6 Å². The smallest absolute Gasteiger partial charge is 0.132 e. The molecule has 2 atom stereocenters. The fourth-order valence-electron chi connectivity index (χ4n) is 6.15. The number of likely N-dealkylation sites (N-methyl/N-ethyl adjacent to an activating group) is 1. The van der Waals surface area contributed by atoms with Gasteiger partial charge in [-0.1, -0.05) is 72.3 Å². The normalized spacial score (nSPS) is 20.6. The van der Waals surface area contributed by atoms with Gasteiger partial charge in [-0.25, -0.2) is 0 Å². The maximum absolute atomic E-state index is 12.3. The number of aliphatic hydroxyl groups is 1. The third-order valence-corrected chi connectivity index (χ3v) is 7.86. The highest BCUT2D eigenvalue weighted by molar-refractivity contribution is 5.87. The van der Waals surface area contributed by atoms with E-state index in [1.807, 2.05) is 60.7 Å². The number of hydrogen-bond acceptors (Lipinski definition) is 2. The largest absolute Gasteiger partial charge is 0.378 e. The molecule has 1 N–H and O–H groups in total. The minimum atomic E-state index is -1.10. The third-order valence-electron chi connectivity index (χ3n) is 7.86. The standard InChI is InChI=1S/C29H30N2O/c1-20-13-15-25-24(17-20)28-26-16-14-23(30(26)2)18-27(28)31(25)19-29(32,21-9-5-3-6-10-21)22-11-7-4-8-12-22/h3-13,15,17,23,26,32H,14,16,18-19H2,1-2H3. The highest BCUT2D eigenvalue weighted by atomic mass is 16.3. The Hall–Kier alpha value is -2.88. The zero-order valence-corrected chi connectivity index (χ0v) is 18.8. The summed E-state index contributed by atoms with van der Waals surface area (Å²) in [6, 6.07) is 28.2. The summed E-state index contributed by atoms with van der Waals surface area (Å²) < 4.78 is 2.43. The minimum absolute atomic E-state index is 0.482. The van der Waals surface area contributed by atoms with Crippen LogP contribution in [0.2, 0.25) is 0 Å². The Kier molecular flexibility index (Phi) is 4.53. The number of benzene rings is 3. The molecule has 1 fully saturated rings. The van der Waals surface area contributed by atoms with Crippen LogP contribution in [-0.4, -0.2) is 27.7 Å². The van der Waals surface area contributed by atoms with E-state index in [1.165, 1.54) is 40.6 Å². The zero-order chi connectivity index (χ0) is 21.9. The van der Waals surface area contributed by atoms with E-state index in [4.69, 9.17) is 0 Å². The van der Waals surface area contributed by atoms with E-state index in [0.717, 1.165) is 17.5 Å². The van der Waals surface area contributed by atoms with Gasteiger partial charge in [-0.2, -0.15) is 0 Å². The monoisotopic (exact) mass is 422 g/mol. The van der Waals surface area contributed by atoms with Crippen molar-refractivity contribution in [1.82, 2.24) is 9.47 Å². The first kappa shape index (κ1) is 19.8. The van der Waals surface area contributed by atoms with Gasteiger partial charge in [-0.3, -0.25) is 4.90 Å². The second-order valence-electron chi connectivity index (χ2n) is 9.68. The van der Waals surface area contributed by atoms with Crippen molar-refractivity contribution in [2.75, 3.05) is 7.05 Å². The molecule has 0 saturated carbocycles. The molecule has 0 spiro atoms. The number of aromatic nitrogens is 1. The lowest BCUT2D eigenvalue weighted by Crippen LogP contribution is -2.37. The molecule has 162 valence electrons. The zero-order valence-electron chi connectivity index (χ0n) is 18.8. The average Bonchev–Trinajstić information content (AvgIpc) is 3.23. The quantitative estimate of drug-likeness (QED) is 0.465. The van der Waals surface area contributed by atoms with Crippen molar-refractivity contribution < 1.29 is 5.11 Å². The van der Waals surface area contributed by atoms with Gasteiger partial charge in [0.05, 0.1) is 6.54 Å².